The van der Waals surface area contributed by atoms with E-state index < -0.39 is 11.0 Å². The normalized spacial score (nSPS) is 12.2. The van der Waals surface area contributed by atoms with E-state index in [-0.39, 0.29) is 5.88 Å². The molecule has 0 aliphatic rings. The Morgan fingerprint density at radius 2 is 2.20 bits per heavy atom. The molecule has 7 heteroatoms. The zero-order valence-corrected chi connectivity index (χ0v) is 12.3. The molecule has 1 aromatic heterocycles. The SMILES string of the molecule is CCOc1ccc(C(N)c2ccc([N+](=O)[O-])o2)cc1Br. The molecule has 0 radical (unpaired) electrons. The van der Waals surface area contributed by atoms with Gasteiger partial charge in [-0.15, -0.1) is 0 Å². The van der Waals surface area contributed by atoms with Crippen molar-refractivity contribution in [2.75, 3.05) is 6.61 Å². The summed E-state index contributed by atoms with van der Waals surface area (Å²) in [4.78, 5) is 10.00. The van der Waals surface area contributed by atoms with Crippen LogP contribution >= 0.6 is 15.9 Å². The first kappa shape index (κ1) is 14.5. The first-order valence-corrected chi connectivity index (χ1v) is 6.74. The van der Waals surface area contributed by atoms with E-state index in [1.165, 1.54) is 12.1 Å². The van der Waals surface area contributed by atoms with Gasteiger partial charge in [-0.25, -0.2) is 0 Å². The average Bonchev–Trinajstić information content (AvgIpc) is 2.90. The Labute approximate surface area is 123 Å². The third-order valence-electron chi connectivity index (χ3n) is 2.71. The summed E-state index contributed by atoms with van der Waals surface area (Å²) in [6, 6.07) is 7.63. The Morgan fingerprint density at radius 3 is 2.75 bits per heavy atom. The molecule has 20 heavy (non-hydrogen) atoms. The van der Waals surface area contributed by atoms with Crippen LogP contribution in [0.3, 0.4) is 0 Å². The van der Waals surface area contributed by atoms with Crippen molar-refractivity contribution < 1.29 is 14.1 Å². The number of halogens is 1. The molecule has 2 N–H and O–H groups in total. The molecular formula is C13H13BrN2O4. The number of rotatable bonds is 5. The molecule has 0 saturated carbocycles. The van der Waals surface area contributed by atoms with Gasteiger partial charge in [-0.1, -0.05) is 6.07 Å². The summed E-state index contributed by atoms with van der Waals surface area (Å²) in [6.45, 7) is 2.46. The van der Waals surface area contributed by atoms with Gasteiger partial charge in [0.2, 0.25) is 0 Å². The van der Waals surface area contributed by atoms with Crippen molar-refractivity contribution in [1.82, 2.24) is 0 Å². The van der Waals surface area contributed by atoms with Crippen LogP contribution in [0.15, 0.2) is 39.2 Å². The van der Waals surface area contributed by atoms with Gasteiger partial charge < -0.3 is 14.9 Å². The van der Waals surface area contributed by atoms with E-state index in [2.05, 4.69) is 15.9 Å². The molecule has 0 aliphatic heterocycles. The highest BCUT2D eigenvalue weighted by atomic mass is 79.9. The van der Waals surface area contributed by atoms with Crippen molar-refractivity contribution in [2.45, 2.75) is 13.0 Å². The zero-order chi connectivity index (χ0) is 14.7. The number of hydrogen-bond acceptors (Lipinski definition) is 5. The fourth-order valence-corrected chi connectivity index (χ4v) is 2.27. The van der Waals surface area contributed by atoms with E-state index in [4.69, 9.17) is 14.9 Å². The first-order valence-electron chi connectivity index (χ1n) is 5.95. The summed E-state index contributed by atoms with van der Waals surface area (Å²) >= 11 is 3.40. The third-order valence-corrected chi connectivity index (χ3v) is 3.33. The van der Waals surface area contributed by atoms with Crippen LogP contribution in [0, 0.1) is 10.1 Å². The lowest BCUT2D eigenvalue weighted by Crippen LogP contribution is -2.11. The maximum absolute atomic E-state index is 10.6. The van der Waals surface area contributed by atoms with Gasteiger partial charge in [0, 0.05) is 0 Å². The Morgan fingerprint density at radius 1 is 1.45 bits per heavy atom. The highest BCUT2D eigenvalue weighted by Crippen LogP contribution is 2.31. The fourth-order valence-electron chi connectivity index (χ4n) is 1.75. The van der Waals surface area contributed by atoms with Crippen molar-refractivity contribution >= 4 is 21.8 Å². The molecule has 1 unspecified atom stereocenters. The second-order valence-electron chi connectivity index (χ2n) is 4.03. The quantitative estimate of drug-likeness (QED) is 0.665. The smallest absolute Gasteiger partial charge is 0.433 e. The molecule has 0 fully saturated rings. The lowest BCUT2D eigenvalue weighted by Gasteiger charge is -2.12. The summed E-state index contributed by atoms with van der Waals surface area (Å²) < 4.78 is 11.3. The second kappa shape index (κ2) is 6.06. The lowest BCUT2D eigenvalue weighted by molar-refractivity contribution is -0.402. The van der Waals surface area contributed by atoms with Crippen LogP contribution < -0.4 is 10.5 Å². The maximum Gasteiger partial charge on any atom is 0.433 e. The minimum atomic E-state index is -0.593. The molecule has 1 atom stereocenters. The van der Waals surface area contributed by atoms with Crippen molar-refractivity contribution in [3.05, 3.63) is 56.2 Å². The van der Waals surface area contributed by atoms with Gasteiger partial charge in [0.1, 0.15) is 16.4 Å². The summed E-state index contributed by atoms with van der Waals surface area (Å²) in [7, 11) is 0. The van der Waals surface area contributed by atoms with Crippen LogP contribution in [-0.4, -0.2) is 11.5 Å². The van der Waals surface area contributed by atoms with E-state index in [0.717, 1.165) is 10.0 Å². The molecule has 1 aromatic carbocycles. The van der Waals surface area contributed by atoms with Crippen LogP contribution in [0.25, 0.3) is 0 Å². The van der Waals surface area contributed by atoms with Gasteiger partial charge in [0.25, 0.3) is 0 Å². The minimum absolute atomic E-state index is 0.319. The van der Waals surface area contributed by atoms with Crippen LogP contribution in [0.5, 0.6) is 5.75 Å². The van der Waals surface area contributed by atoms with Gasteiger partial charge in [0.15, 0.2) is 0 Å². The molecule has 0 aliphatic carbocycles. The van der Waals surface area contributed by atoms with Gasteiger partial charge in [-0.2, -0.15) is 0 Å². The average molecular weight is 341 g/mol. The first-order chi connectivity index (χ1) is 9.52. The molecule has 2 rings (SSSR count). The highest BCUT2D eigenvalue weighted by molar-refractivity contribution is 9.10. The molecule has 0 saturated heterocycles. The Hall–Kier alpha value is -1.86. The van der Waals surface area contributed by atoms with E-state index in [1.807, 2.05) is 13.0 Å². The Balaban J connectivity index is 2.25. The van der Waals surface area contributed by atoms with Gasteiger partial charge in [-0.3, -0.25) is 10.1 Å². The number of ether oxygens (including phenoxy) is 1. The third kappa shape index (κ3) is 3.00. The van der Waals surface area contributed by atoms with Crippen LogP contribution in [0.1, 0.15) is 24.3 Å². The Bertz CT molecular complexity index is 627. The predicted molar refractivity (Wildman–Crippen MR) is 76.7 cm³/mol. The van der Waals surface area contributed by atoms with E-state index in [1.54, 1.807) is 12.1 Å². The van der Waals surface area contributed by atoms with Crippen LogP contribution in [0.4, 0.5) is 5.88 Å². The number of benzene rings is 1. The number of furan rings is 1. The molecule has 0 bridgehead atoms. The maximum atomic E-state index is 10.6. The van der Waals surface area contributed by atoms with Crippen molar-refractivity contribution in [3.63, 3.8) is 0 Å². The number of nitrogens with zero attached hydrogens (tertiary/aromatic N) is 1. The van der Waals surface area contributed by atoms with E-state index >= 15 is 0 Å². The minimum Gasteiger partial charge on any atom is -0.493 e. The van der Waals surface area contributed by atoms with Crippen LogP contribution in [0.2, 0.25) is 0 Å². The number of nitro groups is 1. The summed E-state index contributed by atoms with van der Waals surface area (Å²) in [5.41, 5.74) is 6.81. The largest absolute Gasteiger partial charge is 0.493 e. The van der Waals surface area contributed by atoms with Gasteiger partial charge in [0.05, 0.1) is 23.2 Å². The van der Waals surface area contributed by atoms with E-state index in [0.29, 0.717) is 18.1 Å². The van der Waals surface area contributed by atoms with E-state index in [9.17, 15) is 10.1 Å². The lowest BCUT2D eigenvalue weighted by atomic mass is 10.1. The number of hydrogen-bond donors (Lipinski definition) is 1. The summed E-state index contributed by atoms with van der Waals surface area (Å²) in [5.74, 6) is 0.738. The topological polar surface area (TPSA) is 91.5 Å². The standard InChI is InChI=1S/C13H13BrN2O4/c1-2-19-10-4-3-8(7-9(10)14)13(15)11-5-6-12(20-11)16(17)18/h3-7,13H,2,15H2,1H3. The van der Waals surface area contributed by atoms with Crippen molar-refractivity contribution in [2.24, 2.45) is 5.73 Å². The number of nitrogens with two attached hydrogens (primary N) is 1. The second-order valence-corrected chi connectivity index (χ2v) is 4.89. The van der Waals surface area contributed by atoms with Crippen molar-refractivity contribution in [1.29, 1.82) is 0 Å². The molecule has 0 amide bonds. The Kier molecular flexibility index (Phi) is 4.41. The zero-order valence-electron chi connectivity index (χ0n) is 10.7. The molecule has 1 heterocycles. The molecule has 6 nitrogen and oxygen atoms in total. The predicted octanol–water partition coefficient (Wildman–Crippen LogP) is 3.40. The summed E-state index contributed by atoms with van der Waals surface area (Å²) in [5, 5.41) is 10.6. The van der Waals surface area contributed by atoms with Crippen LogP contribution in [-0.2, 0) is 0 Å². The highest BCUT2D eigenvalue weighted by Gasteiger charge is 2.19. The molecule has 2 aromatic rings. The van der Waals surface area contributed by atoms with Crippen molar-refractivity contribution in [3.8, 4) is 5.75 Å². The fraction of sp³-hybridized carbons (Fsp3) is 0.231. The van der Waals surface area contributed by atoms with Gasteiger partial charge in [-0.05, 0) is 46.6 Å². The van der Waals surface area contributed by atoms with Gasteiger partial charge >= 0.3 is 5.88 Å². The molecule has 106 valence electrons. The monoisotopic (exact) mass is 340 g/mol. The molecular weight excluding hydrogens is 328 g/mol. The summed E-state index contributed by atoms with van der Waals surface area (Å²) in [6.07, 6.45) is 0. The molecule has 0 spiro atoms.